The van der Waals surface area contributed by atoms with Gasteiger partial charge in [0, 0.05) is 13.1 Å². The number of hydrogen-bond donors (Lipinski definition) is 0. The van der Waals surface area contributed by atoms with Gasteiger partial charge >= 0.3 is 6.18 Å². The zero-order valence-electron chi connectivity index (χ0n) is 12.6. The summed E-state index contributed by atoms with van der Waals surface area (Å²) in [7, 11) is 0. The smallest absolute Gasteiger partial charge is 0.393 e. The lowest BCUT2D eigenvalue weighted by Gasteiger charge is -2.35. The number of alkyl halides is 3. The minimum atomic E-state index is -4.29. The fourth-order valence-corrected chi connectivity index (χ4v) is 2.60. The maximum atomic E-state index is 12.8. The van der Waals surface area contributed by atoms with Crippen LogP contribution in [-0.4, -0.2) is 36.2 Å². The van der Waals surface area contributed by atoms with Gasteiger partial charge < -0.3 is 9.64 Å². The van der Waals surface area contributed by atoms with Crippen LogP contribution in [0.2, 0.25) is 0 Å². The van der Waals surface area contributed by atoms with Crippen molar-refractivity contribution in [3.63, 3.8) is 0 Å². The van der Waals surface area contributed by atoms with E-state index < -0.39 is 24.1 Å². The number of carbonyl (C=O) groups excluding carboxylic acids is 1. The highest BCUT2D eigenvalue weighted by molar-refractivity contribution is 5.81. The maximum Gasteiger partial charge on any atom is 0.393 e. The number of likely N-dealkylation sites (tertiary alicyclic amines) is 1. The second-order valence-corrected chi connectivity index (χ2v) is 5.56. The van der Waals surface area contributed by atoms with Crippen molar-refractivity contribution >= 4 is 5.91 Å². The average Bonchev–Trinajstić information content (AvgIpc) is 2.53. The lowest BCUT2D eigenvalue weighted by Crippen LogP contribution is -2.48. The summed E-state index contributed by atoms with van der Waals surface area (Å²) in [6, 6.07) is 8.25. The second kappa shape index (κ2) is 6.90. The molecule has 1 aliphatic rings. The number of nitriles is 1. The molecule has 4 nitrogen and oxygen atoms in total. The van der Waals surface area contributed by atoms with Crippen molar-refractivity contribution in [3.05, 3.63) is 29.8 Å². The zero-order chi connectivity index (χ0) is 17.0. The third-order valence-electron chi connectivity index (χ3n) is 3.82. The maximum absolute atomic E-state index is 12.8. The number of halogens is 3. The lowest BCUT2D eigenvalue weighted by molar-refractivity contribution is -0.189. The van der Waals surface area contributed by atoms with E-state index in [1.807, 2.05) is 6.07 Å². The molecule has 1 heterocycles. The van der Waals surface area contributed by atoms with Crippen molar-refractivity contribution in [2.24, 2.45) is 5.92 Å². The number of hydrogen-bond acceptors (Lipinski definition) is 3. The largest absolute Gasteiger partial charge is 0.481 e. The Morgan fingerprint density at radius 2 is 2.22 bits per heavy atom. The molecule has 0 aromatic heterocycles. The van der Waals surface area contributed by atoms with E-state index >= 15 is 0 Å². The molecular formula is C16H17F3N2O2. The molecule has 124 valence electrons. The van der Waals surface area contributed by atoms with E-state index in [0.29, 0.717) is 24.3 Å². The third-order valence-corrected chi connectivity index (χ3v) is 3.82. The Kier molecular flexibility index (Phi) is 5.14. The van der Waals surface area contributed by atoms with Crippen LogP contribution in [0.25, 0.3) is 0 Å². The Balaban J connectivity index is 2.00. The minimum absolute atomic E-state index is 0.0483. The molecule has 2 rings (SSSR count). The summed E-state index contributed by atoms with van der Waals surface area (Å²) in [6.07, 6.45) is -4.82. The summed E-state index contributed by atoms with van der Waals surface area (Å²) in [5.41, 5.74) is 0.386. The Hall–Kier alpha value is -2.23. The van der Waals surface area contributed by atoms with Crippen LogP contribution in [0.1, 0.15) is 25.3 Å². The molecule has 1 aromatic rings. The number of rotatable bonds is 3. The molecular weight excluding hydrogens is 309 g/mol. The fraction of sp³-hybridized carbons (Fsp3) is 0.500. The van der Waals surface area contributed by atoms with Crippen LogP contribution in [-0.2, 0) is 4.79 Å². The Bertz CT molecular complexity index is 610. The molecule has 1 aliphatic heterocycles. The minimum Gasteiger partial charge on any atom is -0.481 e. The topological polar surface area (TPSA) is 53.3 Å². The average molecular weight is 326 g/mol. The quantitative estimate of drug-likeness (QED) is 0.857. The number of carbonyl (C=O) groups is 1. The summed E-state index contributed by atoms with van der Waals surface area (Å²) in [6.45, 7) is 1.48. The van der Waals surface area contributed by atoms with Crippen molar-refractivity contribution < 1.29 is 22.7 Å². The first-order valence-corrected chi connectivity index (χ1v) is 7.33. The highest BCUT2D eigenvalue weighted by Crippen LogP contribution is 2.33. The van der Waals surface area contributed by atoms with E-state index in [9.17, 15) is 18.0 Å². The first-order valence-electron chi connectivity index (χ1n) is 7.33. The molecule has 0 aliphatic carbocycles. The normalized spacial score (nSPS) is 19.8. The van der Waals surface area contributed by atoms with Gasteiger partial charge in [-0.25, -0.2) is 0 Å². The number of piperidine rings is 1. The highest BCUT2D eigenvalue weighted by atomic mass is 19.4. The zero-order valence-corrected chi connectivity index (χ0v) is 12.6. The van der Waals surface area contributed by atoms with E-state index in [-0.39, 0.29) is 13.0 Å². The monoisotopic (exact) mass is 326 g/mol. The first kappa shape index (κ1) is 17.1. The van der Waals surface area contributed by atoms with Crippen LogP contribution in [0.5, 0.6) is 5.75 Å². The van der Waals surface area contributed by atoms with Gasteiger partial charge in [-0.15, -0.1) is 0 Å². The standard InChI is InChI=1S/C16H17F3N2O2/c1-11(23-14-6-2-4-12(8-14)9-20)15(22)21-7-3-5-13(10-21)16(17,18)19/h2,4,6,8,11,13H,3,5,7,10H2,1H3/t11-,13-/m1/s1. The summed E-state index contributed by atoms with van der Waals surface area (Å²) in [4.78, 5) is 13.5. The first-order chi connectivity index (χ1) is 10.8. The summed E-state index contributed by atoms with van der Waals surface area (Å²) < 4.78 is 43.9. The van der Waals surface area contributed by atoms with Crippen LogP contribution in [0.15, 0.2) is 24.3 Å². The van der Waals surface area contributed by atoms with Crippen LogP contribution >= 0.6 is 0 Å². The van der Waals surface area contributed by atoms with Gasteiger partial charge in [0.25, 0.3) is 5.91 Å². The molecule has 1 fully saturated rings. The van der Waals surface area contributed by atoms with E-state index in [1.54, 1.807) is 18.2 Å². The molecule has 1 aromatic carbocycles. The van der Waals surface area contributed by atoms with Crippen molar-refractivity contribution in [2.45, 2.75) is 32.0 Å². The molecule has 1 saturated heterocycles. The second-order valence-electron chi connectivity index (χ2n) is 5.56. The summed E-state index contributed by atoms with van der Waals surface area (Å²) in [5, 5.41) is 8.83. The van der Waals surface area contributed by atoms with Crippen LogP contribution in [0.3, 0.4) is 0 Å². The van der Waals surface area contributed by atoms with E-state index in [1.165, 1.54) is 17.9 Å². The Morgan fingerprint density at radius 3 is 2.87 bits per heavy atom. The van der Waals surface area contributed by atoms with Gasteiger partial charge in [0.15, 0.2) is 6.10 Å². The van der Waals surface area contributed by atoms with Crippen LogP contribution in [0, 0.1) is 17.2 Å². The number of amides is 1. The van der Waals surface area contributed by atoms with Crippen LogP contribution in [0.4, 0.5) is 13.2 Å². The molecule has 7 heteroatoms. The molecule has 0 radical (unpaired) electrons. The fourth-order valence-electron chi connectivity index (χ4n) is 2.60. The molecule has 0 saturated carbocycles. The number of ether oxygens (including phenoxy) is 1. The summed E-state index contributed by atoms with van der Waals surface area (Å²) in [5.74, 6) is -1.61. The van der Waals surface area contributed by atoms with Crippen molar-refractivity contribution in [1.29, 1.82) is 5.26 Å². The molecule has 0 spiro atoms. The Labute approximate surface area is 132 Å². The molecule has 0 N–H and O–H groups in total. The molecule has 2 atom stereocenters. The van der Waals surface area contributed by atoms with E-state index in [4.69, 9.17) is 10.00 Å². The van der Waals surface area contributed by atoms with Crippen LogP contribution < -0.4 is 4.74 Å². The van der Waals surface area contributed by atoms with Crippen molar-refractivity contribution in [3.8, 4) is 11.8 Å². The molecule has 0 bridgehead atoms. The SMILES string of the molecule is C[C@@H](Oc1cccc(C#N)c1)C(=O)N1CCC[C@@H](C(F)(F)F)C1. The highest BCUT2D eigenvalue weighted by Gasteiger charge is 2.43. The van der Waals surface area contributed by atoms with Gasteiger partial charge in [-0.1, -0.05) is 6.07 Å². The van der Waals surface area contributed by atoms with Gasteiger partial charge in [-0.3, -0.25) is 4.79 Å². The molecule has 1 amide bonds. The predicted molar refractivity (Wildman–Crippen MR) is 76.6 cm³/mol. The predicted octanol–water partition coefficient (Wildman–Crippen LogP) is 3.13. The van der Waals surface area contributed by atoms with Gasteiger partial charge in [-0.2, -0.15) is 18.4 Å². The Morgan fingerprint density at radius 1 is 1.48 bits per heavy atom. The van der Waals surface area contributed by atoms with Gasteiger partial charge in [0.2, 0.25) is 0 Å². The lowest BCUT2D eigenvalue weighted by atomic mass is 9.97. The number of nitrogens with zero attached hydrogens (tertiary/aromatic N) is 2. The van der Waals surface area contributed by atoms with Crippen molar-refractivity contribution in [1.82, 2.24) is 4.90 Å². The third kappa shape index (κ3) is 4.38. The van der Waals surface area contributed by atoms with Gasteiger partial charge in [-0.05, 0) is 38.0 Å². The van der Waals surface area contributed by atoms with E-state index in [0.717, 1.165) is 0 Å². The van der Waals surface area contributed by atoms with Gasteiger partial charge in [0.1, 0.15) is 5.75 Å². The molecule has 0 unspecified atom stereocenters. The molecule has 23 heavy (non-hydrogen) atoms. The van der Waals surface area contributed by atoms with E-state index in [2.05, 4.69) is 0 Å². The van der Waals surface area contributed by atoms with Crippen molar-refractivity contribution in [2.75, 3.05) is 13.1 Å². The van der Waals surface area contributed by atoms with Gasteiger partial charge in [0.05, 0.1) is 17.6 Å². The summed E-state index contributed by atoms with van der Waals surface area (Å²) >= 11 is 0. The number of benzene rings is 1.